The van der Waals surface area contributed by atoms with Crippen LogP contribution in [-0.2, 0) is 14.1 Å². The summed E-state index contributed by atoms with van der Waals surface area (Å²) in [5, 5.41) is 0. The summed E-state index contributed by atoms with van der Waals surface area (Å²) in [5.41, 5.74) is 0. The number of hydrogen-bond donors (Lipinski definition) is 0. The van der Waals surface area contributed by atoms with Gasteiger partial charge in [-0.05, 0) is 22.5 Å². The lowest BCUT2D eigenvalue weighted by molar-refractivity contribution is -0.137. The average molecular weight is 217 g/mol. The van der Waals surface area contributed by atoms with Crippen LogP contribution in [0.2, 0.25) is 0 Å². The van der Waals surface area contributed by atoms with Crippen molar-refractivity contribution in [1.29, 1.82) is 0 Å². The predicted molar refractivity (Wildman–Crippen MR) is 45.3 cm³/mol. The molecule has 0 amide bonds. The van der Waals surface area contributed by atoms with E-state index in [9.17, 15) is 9.36 Å². The number of carbonyl (C=O) groups is 1. The topological polar surface area (TPSA) is 43.4 Å². The second-order valence-corrected chi connectivity index (χ2v) is 7.05. The van der Waals surface area contributed by atoms with E-state index >= 15 is 0 Å². The van der Waals surface area contributed by atoms with Crippen molar-refractivity contribution < 1.29 is 14.1 Å². The molecule has 6 heteroatoms. The third kappa shape index (κ3) is 7.92. The fourth-order valence-electron chi connectivity index (χ4n) is 0.311. The number of esters is 1. The number of halogens is 2. The standard InChI is InChI=1S/C5H7Cl2O3P/c1-2-5(8)10-3-4-11(6,7)9/h2H,1,3-4H2. The maximum absolute atomic E-state index is 10.6. The van der Waals surface area contributed by atoms with Crippen molar-refractivity contribution >= 4 is 34.3 Å². The van der Waals surface area contributed by atoms with Gasteiger partial charge in [0.15, 0.2) is 0 Å². The zero-order valence-corrected chi connectivity index (χ0v) is 8.03. The Morgan fingerprint density at radius 1 is 1.64 bits per heavy atom. The molecule has 0 fully saturated rings. The van der Waals surface area contributed by atoms with Gasteiger partial charge in [0, 0.05) is 6.08 Å². The first-order valence-corrected chi connectivity index (χ1v) is 6.43. The lowest BCUT2D eigenvalue weighted by Gasteiger charge is -2.01. The molecule has 0 bridgehead atoms. The first kappa shape index (κ1) is 11.0. The molecule has 3 nitrogen and oxygen atoms in total. The van der Waals surface area contributed by atoms with Gasteiger partial charge in [0.25, 0.3) is 5.85 Å². The Bertz CT molecular complexity index is 198. The molecule has 11 heavy (non-hydrogen) atoms. The van der Waals surface area contributed by atoms with Gasteiger partial charge >= 0.3 is 5.97 Å². The molecule has 0 atom stereocenters. The molecule has 0 rings (SSSR count). The van der Waals surface area contributed by atoms with Gasteiger partial charge in [-0.3, -0.25) is 4.57 Å². The molecule has 0 aliphatic heterocycles. The van der Waals surface area contributed by atoms with E-state index in [4.69, 9.17) is 22.5 Å². The lowest BCUT2D eigenvalue weighted by Crippen LogP contribution is -2.03. The summed E-state index contributed by atoms with van der Waals surface area (Å²) < 4.78 is 15.1. The van der Waals surface area contributed by atoms with Gasteiger partial charge < -0.3 is 4.74 Å². The summed E-state index contributed by atoms with van der Waals surface area (Å²) >= 11 is 10.3. The average Bonchev–Trinajstić information content (AvgIpc) is 1.85. The van der Waals surface area contributed by atoms with Crippen LogP contribution in [0.1, 0.15) is 0 Å². The summed E-state index contributed by atoms with van der Waals surface area (Å²) in [6.07, 6.45) is 0.975. The Morgan fingerprint density at radius 3 is 2.55 bits per heavy atom. The number of rotatable bonds is 4. The fraction of sp³-hybridized carbons (Fsp3) is 0.400. The molecular formula is C5H7Cl2O3P. The van der Waals surface area contributed by atoms with Gasteiger partial charge in [-0.2, -0.15) is 0 Å². The van der Waals surface area contributed by atoms with Gasteiger partial charge in [0.05, 0.1) is 6.16 Å². The third-order valence-corrected chi connectivity index (χ3v) is 2.48. The Labute approximate surface area is 74.3 Å². The fourth-order valence-corrected chi connectivity index (χ4v) is 1.03. The van der Waals surface area contributed by atoms with Crippen LogP contribution in [0.15, 0.2) is 12.7 Å². The first-order valence-electron chi connectivity index (χ1n) is 2.73. The highest BCUT2D eigenvalue weighted by molar-refractivity contribution is 8.08. The van der Waals surface area contributed by atoms with Gasteiger partial charge in [-0.25, -0.2) is 4.79 Å². The smallest absolute Gasteiger partial charge is 0.330 e. The maximum Gasteiger partial charge on any atom is 0.330 e. The van der Waals surface area contributed by atoms with Crippen LogP contribution in [0.4, 0.5) is 0 Å². The molecule has 0 saturated heterocycles. The van der Waals surface area contributed by atoms with Crippen LogP contribution in [0.5, 0.6) is 0 Å². The third-order valence-electron chi connectivity index (χ3n) is 0.763. The van der Waals surface area contributed by atoms with E-state index in [1.165, 1.54) is 0 Å². The molecule has 0 aromatic rings. The molecular weight excluding hydrogens is 210 g/mol. The van der Waals surface area contributed by atoms with E-state index < -0.39 is 11.8 Å². The second-order valence-electron chi connectivity index (χ2n) is 1.67. The molecule has 0 aliphatic rings. The SMILES string of the molecule is C=CC(=O)OCCP(=O)(Cl)Cl. The van der Waals surface area contributed by atoms with Crippen LogP contribution in [0, 0.1) is 0 Å². The first-order chi connectivity index (χ1) is 4.95. The highest BCUT2D eigenvalue weighted by Gasteiger charge is 2.13. The van der Waals surface area contributed by atoms with Crippen LogP contribution in [0.25, 0.3) is 0 Å². The Morgan fingerprint density at radius 2 is 2.18 bits per heavy atom. The van der Waals surface area contributed by atoms with Crippen molar-refractivity contribution in [2.75, 3.05) is 12.8 Å². The second kappa shape index (κ2) is 4.81. The van der Waals surface area contributed by atoms with E-state index in [0.29, 0.717) is 0 Å². The summed E-state index contributed by atoms with van der Waals surface area (Å²) in [6.45, 7) is 3.12. The van der Waals surface area contributed by atoms with Crippen molar-refractivity contribution in [3.8, 4) is 0 Å². The Hall–Kier alpha value is 0.0200. The molecule has 0 N–H and O–H groups in total. The molecule has 0 heterocycles. The molecule has 0 aromatic heterocycles. The normalized spacial score (nSPS) is 10.7. The van der Waals surface area contributed by atoms with Gasteiger partial charge in [-0.1, -0.05) is 6.58 Å². The molecule has 0 radical (unpaired) electrons. The van der Waals surface area contributed by atoms with Crippen LogP contribution in [-0.4, -0.2) is 18.7 Å². The van der Waals surface area contributed by atoms with Crippen molar-refractivity contribution in [2.45, 2.75) is 0 Å². The lowest BCUT2D eigenvalue weighted by atomic mass is 10.6. The molecule has 0 unspecified atom stereocenters. The number of ether oxygens (including phenoxy) is 1. The van der Waals surface area contributed by atoms with E-state index in [2.05, 4.69) is 11.3 Å². The highest BCUT2D eigenvalue weighted by Crippen LogP contribution is 2.55. The van der Waals surface area contributed by atoms with Gasteiger partial charge in [0.1, 0.15) is 6.61 Å². The van der Waals surface area contributed by atoms with Gasteiger partial charge in [0.2, 0.25) is 0 Å². The minimum atomic E-state index is -3.10. The van der Waals surface area contributed by atoms with Crippen molar-refractivity contribution in [3.05, 3.63) is 12.7 Å². The Kier molecular flexibility index (Phi) is 4.82. The molecule has 0 aromatic carbocycles. The monoisotopic (exact) mass is 216 g/mol. The quantitative estimate of drug-likeness (QED) is 0.412. The summed E-state index contributed by atoms with van der Waals surface area (Å²) in [4.78, 5) is 10.4. The molecule has 0 aliphatic carbocycles. The van der Waals surface area contributed by atoms with Gasteiger partial charge in [-0.15, -0.1) is 0 Å². The van der Waals surface area contributed by atoms with Crippen molar-refractivity contribution in [1.82, 2.24) is 0 Å². The van der Waals surface area contributed by atoms with E-state index in [1.807, 2.05) is 0 Å². The molecule has 0 saturated carbocycles. The van der Waals surface area contributed by atoms with Crippen LogP contribution < -0.4 is 0 Å². The minimum Gasteiger partial charge on any atom is -0.462 e. The van der Waals surface area contributed by atoms with Crippen LogP contribution in [0.3, 0.4) is 0 Å². The van der Waals surface area contributed by atoms with E-state index in [0.717, 1.165) is 6.08 Å². The van der Waals surface area contributed by atoms with E-state index in [-0.39, 0.29) is 12.8 Å². The summed E-state index contributed by atoms with van der Waals surface area (Å²) in [5.74, 6) is -3.68. The zero-order valence-electron chi connectivity index (χ0n) is 5.63. The maximum atomic E-state index is 10.6. The number of carbonyl (C=O) groups excluding carboxylic acids is 1. The molecule has 0 spiro atoms. The zero-order chi connectivity index (χ0) is 8.91. The predicted octanol–water partition coefficient (Wildman–Crippen LogP) is 2.39. The van der Waals surface area contributed by atoms with Crippen molar-refractivity contribution in [3.63, 3.8) is 0 Å². The van der Waals surface area contributed by atoms with E-state index in [1.54, 1.807) is 0 Å². The highest BCUT2D eigenvalue weighted by atomic mass is 35.9. The number of hydrogen-bond acceptors (Lipinski definition) is 3. The summed E-state index contributed by atoms with van der Waals surface area (Å²) in [6, 6.07) is 0. The summed E-state index contributed by atoms with van der Waals surface area (Å²) in [7, 11) is 0. The molecule has 64 valence electrons. The minimum absolute atomic E-state index is 0.0321. The largest absolute Gasteiger partial charge is 0.462 e. The van der Waals surface area contributed by atoms with Crippen LogP contribution >= 0.6 is 28.3 Å². The Balaban J connectivity index is 3.51. The van der Waals surface area contributed by atoms with Crippen molar-refractivity contribution in [2.24, 2.45) is 0 Å².